The van der Waals surface area contributed by atoms with Crippen molar-refractivity contribution in [2.45, 2.75) is 109 Å². The minimum atomic E-state index is -1.58. The number of nitrogens with two attached hydrogens (primary N) is 2. The van der Waals surface area contributed by atoms with Crippen LogP contribution >= 0.6 is 0 Å². The smallest absolute Gasteiger partial charge is 0.220 e. The normalized spacial score (nSPS) is 39.1. The number of aliphatic hydroxyl groups is 4. The molecule has 0 aliphatic heterocycles. The topological polar surface area (TPSA) is 201 Å². The van der Waals surface area contributed by atoms with Gasteiger partial charge in [0.1, 0.15) is 18.0 Å². The Morgan fingerprint density at radius 3 is 2.30 bits per heavy atom. The van der Waals surface area contributed by atoms with Gasteiger partial charge in [0.15, 0.2) is 5.78 Å². The molecule has 0 aromatic heterocycles. The van der Waals surface area contributed by atoms with Crippen LogP contribution in [-0.4, -0.2) is 68.7 Å². The van der Waals surface area contributed by atoms with E-state index in [1.54, 1.807) is 0 Å². The highest BCUT2D eigenvalue weighted by Crippen LogP contribution is 2.67. The summed E-state index contributed by atoms with van der Waals surface area (Å²) in [6.07, 6.45) is 8.22. The average Bonchev–Trinajstić information content (AvgIpc) is 3.16. The Labute approximate surface area is 237 Å². The minimum Gasteiger partial charge on any atom is -0.396 e. The first-order valence-electron chi connectivity index (χ1n) is 15.0. The Bertz CT molecular complexity index is 958. The van der Waals surface area contributed by atoms with Gasteiger partial charge in [-0.2, -0.15) is 0 Å². The molecule has 4 fully saturated rings. The summed E-state index contributed by atoms with van der Waals surface area (Å²) in [4.78, 5) is 47.0. The number of Topliss-reactive ketones (excluding diaryl/α,β-unsaturated/α-hetero) is 2. The first kappa shape index (κ1) is 32.6. The molecule has 4 aliphatic carbocycles. The van der Waals surface area contributed by atoms with Crippen LogP contribution < -0.4 is 11.5 Å². The molecule has 0 bridgehead atoms. The van der Waals surface area contributed by atoms with E-state index >= 15 is 0 Å². The highest BCUT2D eigenvalue weighted by Gasteiger charge is 2.68. The monoisotopic (exact) mass is 566 g/mol. The third-order valence-corrected chi connectivity index (χ3v) is 11.2. The molecule has 2 amide bonds. The first-order valence-corrected chi connectivity index (χ1v) is 15.0. The number of unbranched alkanes of at least 4 members (excludes halogenated alkanes) is 1. The van der Waals surface area contributed by atoms with Crippen molar-refractivity contribution < 1.29 is 39.6 Å². The van der Waals surface area contributed by atoms with Crippen LogP contribution in [0.4, 0.5) is 0 Å². The molecule has 0 aromatic rings. The fraction of sp³-hybridized carbons (Fsp3) is 0.867. The molecule has 4 aliphatic rings. The molecular formula is C30H50N2O8. The van der Waals surface area contributed by atoms with Crippen molar-refractivity contribution in [3.8, 4) is 0 Å². The summed E-state index contributed by atoms with van der Waals surface area (Å²) >= 11 is 0. The van der Waals surface area contributed by atoms with Crippen LogP contribution in [0.15, 0.2) is 0 Å². The molecule has 10 nitrogen and oxygen atoms in total. The van der Waals surface area contributed by atoms with E-state index in [0.717, 1.165) is 44.9 Å². The van der Waals surface area contributed by atoms with Crippen molar-refractivity contribution in [2.24, 2.45) is 51.9 Å². The standard InChI is InChI=1S/C21H32O5.C9H18N2O3/c1-19-7-5-13(23)9-12(19)3-4-14-15-6-8-21(26,17(25)11-22)20(15,2)10-16(24)18(14)19;10-8(13)4-2-1-3-7(5-6-12)9(11)14/h12-15,18,22-23,26H,3-11H2,1-2H3;7,12H,1-6H2,(H2,10,13)(H2,11,14)/t12-,13-,14+,15+,18-,19+,20+,21+;/m1./s1. The van der Waals surface area contributed by atoms with E-state index in [1.807, 2.05) is 6.92 Å². The number of carbonyl (C=O) groups is 4. The molecule has 4 saturated carbocycles. The van der Waals surface area contributed by atoms with Gasteiger partial charge in [0.2, 0.25) is 11.8 Å². The fourth-order valence-electron chi connectivity index (χ4n) is 8.92. The molecule has 0 heterocycles. The van der Waals surface area contributed by atoms with Crippen molar-refractivity contribution in [1.82, 2.24) is 0 Å². The number of aliphatic hydroxyl groups excluding tert-OH is 3. The molecule has 40 heavy (non-hydrogen) atoms. The van der Waals surface area contributed by atoms with Crippen LogP contribution in [-0.2, 0) is 19.2 Å². The highest BCUT2D eigenvalue weighted by atomic mass is 16.3. The number of primary amides is 2. The second-order valence-corrected chi connectivity index (χ2v) is 13.3. The van der Waals surface area contributed by atoms with Crippen molar-refractivity contribution in [3.05, 3.63) is 0 Å². The van der Waals surface area contributed by atoms with Crippen LogP contribution in [0, 0.1) is 40.4 Å². The lowest BCUT2D eigenvalue weighted by molar-refractivity contribution is -0.180. The quantitative estimate of drug-likeness (QED) is 0.213. The maximum atomic E-state index is 13.4. The van der Waals surface area contributed by atoms with Crippen LogP contribution in [0.1, 0.15) is 97.3 Å². The summed E-state index contributed by atoms with van der Waals surface area (Å²) in [6, 6.07) is 0. The summed E-state index contributed by atoms with van der Waals surface area (Å²) in [5, 5.41) is 39.3. The van der Waals surface area contributed by atoms with E-state index in [4.69, 9.17) is 16.6 Å². The zero-order valence-electron chi connectivity index (χ0n) is 24.1. The van der Waals surface area contributed by atoms with Gasteiger partial charge >= 0.3 is 0 Å². The van der Waals surface area contributed by atoms with E-state index < -0.39 is 29.3 Å². The van der Waals surface area contributed by atoms with Gasteiger partial charge in [0.05, 0.1) is 6.10 Å². The van der Waals surface area contributed by atoms with Crippen molar-refractivity contribution in [3.63, 3.8) is 0 Å². The predicted octanol–water partition coefficient (Wildman–Crippen LogP) is 1.38. The predicted molar refractivity (Wildman–Crippen MR) is 147 cm³/mol. The summed E-state index contributed by atoms with van der Waals surface area (Å²) in [7, 11) is 0. The van der Waals surface area contributed by atoms with Crippen LogP contribution in [0.3, 0.4) is 0 Å². The number of hydrogen-bond donors (Lipinski definition) is 6. The number of ketones is 2. The van der Waals surface area contributed by atoms with E-state index in [2.05, 4.69) is 6.92 Å². The highest BCUT2D eigenvalue weighted by molar-refractivity contribution is 5.92. The third kappa shape index (κ3) is 6.15. The number of rotatable bonds is 10. The Morgan fingerprint density at radius 1 is 1.00 bits per heavy atom. The van der Waals surface area contributed by atoms with Crippen LogP contribution in [0.2, 0.25) is 0 Å². The molecule has 8 N–H and O–H groups in total. The molecule has 4 rings (SSSR count). The second-order valence-electron chi connectivity index (χ2n) is 13.3. The third-order valence-electron chi connectivity index (χ3n) is 11.2. The Kier molecular flexibility index (Phi) is 10.6. The maximum absolute atomic E-state index is 13.4. The number of hydrogen-bond acceptors (Lipinski definition) is 8. The van der Waals surface area contributed by atoms with Crippen molar-refractivity contribution in [1.29, 1.82) is 0 Å². The molecule has 10 heteroatoms. The molecule has 0 saturated heterocycles. The maximum Gasteiger partial charge on any atom is 0.220 e. The van der Waals surface area contributed by atoms with Crippen molar-refractivity contribution in [2.75, 3.05) is 13.2 Å². The zero-order chi connectivity index (χ0) is 29.9. The lowest BCUT2D eigenvalue weighted by atomic mass is 9.44. The first-order chi connectivity index (χ1) is 18.7. The fourth-order valence-corrected chi connectivity index (χ4v) is 8.92. The largest absolute Gasteiger partial charge is 0.396 e. The van der Waals surface area contributed by atoms with Crippen LogP contribution in [0.25, 0.3) is 0 Å². The Balaban J connectivity index is 0.000000270. The van der Waals surface area contributed by atoms with Gasteiger partial charge in [0, 0.05) is 36.7 Å². The molecule has 0 spiro atoms. The van der Waals surface area contributed by atoms with E-state index in [1.165, 1.54) is 0 Å². The van der Waals surface area contributed by atoms with Gasteiger partial charge < -0.3 is 31.9 Å². The van der Waals surface area contributed by atoms with Gasteiger partial charge in [-0.1, -0.05) is 20.3 Å². The van der Waals surface area contributed by atoms with E-state index in [0.29, 0.717) is 38.0 Å². The molecule has 228 valence electrons. The average molecular weight is 567 g/mol. The molecule has 1 unspecified atom stereocenters. The number of amides is 2. The molecule has 0 aromatic carbocycles. The van der Waals surface area contributed by atoms with Gasteiger partial charge in [-0.3, -0.25) is 19.2 Å². The lowest BCUT2D eigenvalue weighted by Crippen LogP contribution is -2.62. The molecular weight excluding hydrogens is 516 g/mol. The van der Waals surface area contributed by atoms with E-state index in [-0.39, 0.29) is 59.9 Å². The van der Waals surface area contributed by atoms with Gasteiger partial charge in [-0.25, -0.2) is 0 Å². The SMILES string of the molecule is C[C@]12CC[C@@H](O)C[C@H]1CC[C@@H]1[C@@H]2C(=O)C[C@@]2(C)[C@H]1CC[C@]2(O)C(=O)CO.NC(=O)CCCCC(CCO)C(N)=O. The number of fused-ring (bicyclic) bond motifs is 5. The van der Waals surface area contributed by atoms with Gasteiger partial charge in [-0.15, -0.1) is 0 Å². The second kappa shape index (κ2) is 13.0. The molecule has 0 radical (unpaired) electrons. The minimum absolute atomic E-state index is 0.0154. The van der Waals surface area contributed by atoms with Gasteiger partial charge in [-0.05, 0) is 87.4 Å². The Hall–Kier alpha value is -1.88. The summed E-state index contributed by atoms with van der Waals surface area (Å²) in [6.45, 7) is 3.43. The zero-order valence-corrected chi connectivity index (χ0v) is 24.1. The summed E-state index contributed by atoms with van der Waals surface area (Å²) < 4.78 is 0. The van der Waals surface area contributed by atoms with Crippen molar-refractivity contribution >= 4 is 23.4 Å². The van der Waals surface area contributed by atoms with Crippen LogP contribution in [0.5, 0.6) is 0 Å². The summed E-state index contributed by atoms with van der Waals surface area (Å²) in [5.41, 5.74) is 7.68. The summed E-state index contributed by atoms with van der Waals surface area (Å²) in [5.74, 6) is -0.626. The number of carbonyl (C=O) groups excluding carboxylic acids is 4. The Morgan fingerprint density at radius 2 is 1.70 bits per heavy atom. The molecule has 9 atom stereocenters. The van der Waals surface area contributed by atoms with Gasteiger partial charge in [0.25, 0.3) is 0 Å². The van der Waals surface area contributed by atoms with E-state index in [9.17, 15) is 34.5 Å². The lowest BCUT2D eigenvalue weighted by Gasteiger charge is -2.60.